The van der Waals surface area contributed by atoms with Crippen LogP contribution in [-0.4, -0.2) is 4.21 Å². The Kier molecular flexibility index (Phi) is 4.57. The maximum atomic E-state index is 12.4. The van der Waals surface area contributed by atoms with Crippen molar-refractivity contribution in [2.75, 3.05) is 0 Å². The molecular formula is C12H6Cl4OS. The molecule has 0 unspecified atom stereocenters. The predicted molar refractivity (Wildman–Crippen MR) is 77.6 cm³/mol. The Balaban J connectivity index is 2.55. The van der Waals surface area contributed by atoms with Gasteiger partial charge in [-0.15, -0.1) is 0 Å². The summed E-state index contributed by atoms with van der Waals surface area (Å²) < 4.78 is 12.4. The van der Waals surface area contributed by atoms with E-state index >= 15 is 0 Å². The maximum absolute atomic E-state index is 12.4. The number of halogens is 4. The highest BCUT2D eigenvalue weighted by Gasteiger charge is 2.17. The summed E-state index contributed by atoms with van der Waals surface area (Å²) in [4.78, 5) is 0.821. The molecule has 0 fully saturated rings. The monoisotopic (exact) mass is 338 g/mol. The van der Waals surface area contributed by atoms with E-state index in [9.17, 15) is 4.21 Å². The second kappa shape index (κ2) is 5.81. The molecule has 0 saturated heterocycles. The van der Waals surface area contributed by atoms with Crippen molar-refractivity contribution in [2.45, 2.75) is 9.79 Å². The van der Waals surface area contributed by atoms with Crippen LogP contribution in [0.4, 0.5) is 0 Å². The van der Waals surface area contributed by atoms with Crippen LogP contribution in [0, 0.1) is 0 Å². The van der Waals surface area contributed by atoms with Crippen LogP contribution in [0.15, 0.2) is 46.2 Å². The number of benzene rings is 2. The second-order valence-corrected chi connectivity index (χ2v) is 6.36. The summed E-state index contributed by atoms with van der Waals surface area (Å²) in [6, 6.07) is 9.90. The zero-order valence-corrected chi connectivity index (χ0v) is 12.6. The van der Waals surface area contributed by atoms with Gasteiger partial charge in [0.2, 0.25) is 0 Å². The van der Waals surface area contributed by atoms with Crippen molar-refractivity contribution in [1.29, 1.82) is 0 Å². The van der Waals surface area contributed by atoms with Crippen LogP contribution in [0.3, 0.4) is 0 Å². The van der Waals surface area contributed by atoms with Gasteiger partial charge < -0.3 is 0 Å². The molecule has 0 aliphatic carbocycles. The molecule has 0 heterocycles. The molecule has 18 heavy (non-hydrogen) atoms. The van der Waals surface area contributed by atoms with E-state index in [0.29, 0.717) is 19.8 Å². The smallest absolute Gasteiger partial charge is 0.0881 e. The van der Waals surface area contributed by atoms with Gasteiger partial charge in [-0.25, -0.2) is 4.21 Å². The Bertz CT molecular complexity index is 574. The third-order valence-corrected chi connectivity index (χ3v) is 5.57. The fraction of sp³-hybridized carbons (Fsp3) is 0. The first kappa shape index (κ1) is 14.2. The van der Waals surface area contributed by atoms with Crippen LogP contribution in [0.5, 0.6) is 0 Å². The van der Waals surface area contributed by atoms with Crippen molar-refractivity contribution in [3.05, 3.63) is 56.5 Å². The molecule has 0 atom stereocenters. The summed E-state index contributed by atoms with van der Waals surface area (Å²) in [6.45, 7) is 0. The highest BCUT2D eigenvalue weighted by atomic mass is 35.5. The molecule has 0 N–H and O–H groups in total. The van der Waals surface area contributed by atoms with Gasteiger partial charge in [0.05, 0.1) is 40.7 Å². The minimum Gasteiger partial charge on any atom is -0.249 e. The first-order valence-corrected chi connectivity index (χ1v) is 7.48. The summed E-state index contributed by atoms with van der Waals surface area (Å²) in [5.74, 6) is 0. The van der Waals surface area contributed by atoms with Gasteiger partial charge in [0.25, 0.3) is 0 Å². The van der Waals surface area contributed by atoms with Gasteiger partial charge >= 0.3 is 0 Å². The molecule has 0 aliphatic heterocycles. The lowest BCUT2D eigenvalue weighted by Gasteiger charge is -2.08. The van der Waals surface area contributed by atoms with Gasteiger partial charge in [-0.2, -0.15) is 0 Å². The molecule has 0 bridgehead atoms. The van der Waals surface area contributed by atoms with Crippen LogP contribution >= 0.6 is 46.4 Å². The molecule has 94 valence electrons. The minimum absolute atomic E-state index is 0.258. The van der Waals surface area contributed by atoms with Crippen LogP contribution in [0.25, 0.3) is 0 Å². The van der Waals surface area contributed by atoms with Gasteiger partial charge in [0, 0.05) is 0 Å². The number of rotatable bonds is 2. The zero-order valence-electron chi connectivity index (χ0n) is 8.79. The lowest BCUT2D eigenvalue weighted by Crippen LogP contribution is -1.95. The van der Waals surface area contributed by atoms with Crippen LogP contribution in [-0.2, 0) is 10.8 Å². The Labute approximate surface area is 127 Å². The summed E-state index contributed by atoms with van der Waals surface area (Å²) in [6.07, 6.45) is 0. The van der Waals surface area contributed by atoms with Crippen LogP contribution in [0.2, 0.25) is 20.1 Å². The summed E-state index contributed by atoms with van der Waals surface area (Å²) in [5, 5.41) is 1.21. The standard InChI is InChI=1S/C12H6Cl4OS/c13-7-3-1-5-9(11(7)15)18(17)10-6-2-4-8(14)12(10)16/h1-6H. The van der Waals surface area contributed by atoms with Crippen molar-refractivity contribution < 1.29 is 4.21 Å². The predicted octanol–water partition coefficient (Wildman–Crippen LogP) is 5.47. The molecule has 2 aromatic rings. The van der Waals surface area contributed by atoms with Crippen molar-refractivity contribution in [3.63, 3.8) is 0 Å². The molecule has 0 aliphatic rings. The molecule has 0 spiro atoms. The quantitative estimate of drug-likeness (QED) is 0.709. The summed E-state index contributed by atoms with van der Waals surface area (Å²) in [7, 11) is -1.52. The van der Waals surface area contributed by atoms with E-state index in [2.05, 4.69) is 0 Å². The average molecular weight is 340 g/mol. The Morgan fingerprint density at radius 3 is 1.50 bits per heavy atom. The summed E-state index contributed by atoms with van der Waals surface area (Å²) in [5.41, 5.74) is 0. The van der Waals surface area contributed by atoms with Gasteiger partial charge in [-0.1, -0.05) is 58.5 Å². The zero-order chi connectivity index (χ0) is 13.3. The molecule has 0 radical (unpaired) electrons. The van der Waals surface area contributed by atoms with E-state index in [1.54, 1.807) is 36.4 Å². The van der Waals surface area contributed by atoms with Gasteiger partial charge in [0.15, 0.2) is 0 Å². The lowest BCUT2D eigenvalue weighted by atomic mass is 10.3. The third-order valence-electron chi connectivity index (χ3n) is 2.23. The van der Waals surface area contributed by atoms with E-state index in [1.807, 2.05) is 0 Å². The summed E-state index contributed by atoms with van der Waals surface area (Å²) >= 11 is 23.8. The molecule has 0 saturated carbocycles. The van der Waals surface area contributed by atoms with E-state index < -0.39 is 10.8 Å². The molecule has 2 rings (SSSR count). The Hall–Kier alpha value is -0.250. The van der Waals surface area contributed by atoms with Crippen molar-refractivity contribution in [3.8, 4) is 0 Å². The van der Waals surface area contributed by atoms with Crippen LogP contribution in [0.1, 0.15) is 0 Å². The fourth-order valence-corrected chi connectivity index (χ4v) is 3.69. The Morgan fingerprint density at radius 2 is 1.11 bits per heavy atom. The lowest BCUT2D eigenvalue weighted by molar-refractivity contribution is 0.683. The molecule has 0 amide bonds. The van der Waals surface area contributed by atoms with E-state index in [4.69, 9.17) is 46.4 Å². The van der Waals surface area contributed by atoms with Crippen LogP contribution < -0.4 is 0 Å². The second-order valence-electron chi connectivity index (χ2n) is 3.37. The van der Waals surface area contributed by atoms with Gasteiger partial charge in [0.1, 0.15) is 0 Å². The number of hydrogen-bond acceptors (Lipinski definition) is 1. The van der Waals surface area contributed by atoms with E-state index in [1.165, 1.54) is 0 Å². The maximum Gasteiger partial charge on any atom is 0.0881 e. The first-order valence-electron chi connectivity index (χ1n) is 4.82. The molecule has 2 aromatic carbocycles. The molecule has 0 aromatic heterocycles. The topological polar surface area (TPSA) is 17.1 Å². The number of hydrogen-bond donors (Lipinski definition) is 0. The normalized spacial score (nSPS) is 10.9. The van der Waals surface area contributed by atoms with E-state index in [0.717, 1.165) is 0 Å². The third kappa shape index (κ3) is 2.68. The highest BCUT2D eigenvalue weighted by molar-refractivity contribution is 7.85. The minimum atomic E-state index is -1.52. The molecule has 1 nitrogen and oxygen atoms in total. The average Bonchev–Trinajstić information content (AvgIpc) is 2.35. The van der Waals surface area contributed by atoms with Crippen molar-refractivity contribution in [2.24, 2.45) is 0 Å². The fourth-order valence-electron chi connectivity index (χ4n) is 1.37. The van der Waals surface area contributed by atoms with E-state index in [-0.39, 0.29) is 10.0 Å². The molecular weight excluding hydrogens is 334 g/mol. The van der Waals surface area contributed by atoms with Gasteiger partial charge in [-0.3, -0.25) is 0 Å². The van der Waals surface area contributed by atoms with Crippen molar-refractivity contribution in [1.82, 2.24) is 0 Å². The molecule has 6 heteroatoms. The Morgan fingerprint density at radius 1 is 0.722 bits per heavy atom. The largest absolute Gasteiger partial charge is 0.249 e. The SMILES string of the molecule is O=S(c1cccc(Cl)c1Cl)c1cccc(Cl)c1Cl. The highest BCUT2D eigenvalue weighted by Crippen LogP contribution is 2.34. The van der Waals surface area contributed by atoms with Gasteiger partial charge in [-0.05, 0) is 24.3 Å². The van der Waals surface area contributed by atoms with Crippen molar-refractivity contribution >= 4 is 57.2 Å². The first-order chi connectivity index (χ1) is 8.52.